The summed E-state index contributed by atoms with van der Waals surface area (Å²) in [6.45, 7) is 7.74. The molecule has 0 saturated heterocycles. The number of aromatic nitrogens is 2. The number of anilines is 2. The van der Waals surface area contributed by atoms with E-state index in [4.69, 9.17) is 9.72 Å². The van der Waals surface area contributed by atoms with Gasteiger partial charge in [0.15, 0.2) is 0 Å². The van der Waals surface area contributed by atoms with Crippen molar-refractivity contribution < 1.29 is 23.1 Å². The van der Waals surface area contributed by atoms with Gasteiger partial charge in [-0.3, -0.25) is 19.5 Å². The third-order valence-electron chi connectivity index (χ3n) is 7.07. The lowest BCUT2D eigenvalue weighted by Crippen LogP contribution is -2.44. The number of hydrogen-bond acceptors (Lipinski definition) is 5. The molecule has 0 aliphatic carbocycles. The first-order valence-corrected chi connectivity index (χ1v) is 12.5. The molecule has 1 atom stereocenters. The second-order valence-electron chi connectivity index (χ2n) is 10.0. The lowest BCUT2D eigenvalue weighted by Gasteiger charge is -2.39. The van der Waals surface area contributed by atoms with Crippen LogP contribution in [0.15, 0.2) is 48.8 Å². The summed E-state index contributed by atoms with van der Waals surface area (Å²) in [4.78, 5) is 35.8. The number of aryl methyl sites for hydroxylation is 1. The van der Waals surface area contributed by atoms with Gasteiger partial charge in [0.25, 0.3) is 11.8 Å². The van der Waals surface area contributed by atoms with Crippen LogP contribution >= 0.6 is 0 Å². The number of ether oxygens (including phenoxy) is 1. The molecule has 1 N–H and O–H groups in total. The molecule has 9 heteroatoms. The number of benzene rings is 1. The number of carbonyl (C=O) groups is 2. The molecule has 0 bridgehead atoms. The predicted octanol–water partition coefficient (Wildman–Crippen LogP) is 5.87. The Balaban J connectivity index is 1.69. The lowest BCUT2D eigenvalue weighted by molar-refractivity contribution is -0.120. The Morgan fingerprint density at radius 3 is 2.66 bits per heavy atom. The smallest absolute Gasteiger partial charge is 0.286 e. The molecule has 3 heterocycles. The summed E-state index contributed by atoms with van der Waals surface area (Å²) in [5.41, 5.74) is 3.37. The van der Waals surface area contributed by atoms with Gasteiger partial charge < -0.3 is 10.1 Å². The van der Waals surface area contributed by atoms with Gasteiger partial charge in [-0.05, 0) is 61.7 Å². The first-order valence-electron chi connectivity index (χ1n) is 12.5. The van der Waals surface area contributed by atoms with Crippen LogP contribution in [0.5, 0.6) is 0 Å². The lowest BCUT2D eigenvalue weighted by atomic mass is 9.73. The van der Waals surface area contributed by atoms with E-state index in [0.29, 0.717) is 37.5 Å². The molecule has 1 aromatic carbocycles. The summed E-state index contributed by atoms with van der Waals surface area (Å²) >= 11 is 0. The van der Waals surface area contributed by atoms with Gasteiger partial charge in [-0.25, -0.2) is 4.98 Å². The molecule has 3 aromatic rings. The highest BCUT2D eigenvalue weighted by Crippen LogP contribution is 2.43. The highest BCUT2D eigenvalue weighted by Gasteiger charge is 2.40. The van der Waals surface area contributed by atoms with Crippen molar-refractivity contribution in [2.24, 2.45) is 0 Å². The van der Waals surface area contributed by atoms with Gasteiger partial charge in [-0.15, -0.1) is 0 Å². The zero-order valence-electron chi connectivity index (χ0n) is 22.3. The summed E-state index contributed by atoms with van der Waals surface area (Å²) in [6, 6.07) is 10.0. The molecule has 0 radical (unpaired) electrons. The van der Waals surface area contributed by atoms with Crippen molar-refractivity contribution >= 4 is 23.3 Å². The van der Waals surface area contributed by atoms with Crippen molar-refractivity contribution in [2.75, 3.05) is 30.5 Å². The first-order chi connectivity index (χ1) is 18.0. The maximum absolute atomic E-state index is 13.7. The molecule has 7 nitrogen and oxygen atoms in total. The molecule has 38 heavy (non-hydrogen) atoms. The Kier molecular flexibility index (Phi) is 7.60. The third-order valence-corrected chi connectivity index (χ3v) is 7.07. The van der Waals surface area contributed by atoms with Crippen LogP contribution in [0.4, 0.5) is 20.3 Å². The fourth-order valence-electron chi connectivity index (χ4n) is 4.81. The maximum atomic E-state index is 13.7. The number of rotatable bonds is 8. The van der Waals surface area contributed by atoms with Crippen molar-refractivity contribution in [2.45, 2.75) is 51.9 Å². The number of carbonyl (C=O) groups excluding carboxylic acids is 2. The third kappa shape index (κ3) is 5.43. The number of hydrogen-bond donors (Lipinski definition) is 1. The van der Waals surface area contributed by atoms with Crippen LogP contribution in [0.3, 0.4) is 0 Å². The average Bonchev–Trinajstić information content (AvgIpc) is 2.88. The van der Waals surface area contributed by atoms with Crippen molar-refractivity contribution in [3.8, 4) is 11.1 Å². The second-order valence-corrected chi connectivity index (χ2v) is 10.0. The van der Waals surface area contributed by atoms with Crippen LogP contribution in [-0.2, 0) is 20.9 Å². The first kappa shape index (κ1) is 27.3. The molecule has 2 amide bonds. The van der Waals surface area contributed by atoms with Crippen LogP contribution in [0.2, 0.25) is 0 Å². The molecule has 0 spiro atoms. The second kappa shape index (κ2) is 10.6. The number of fused-ring (bicyclic) bond motifs is 1. The molecule has 0 saturated carbocycles. The fraction of sp³-hybridized carbons (Fsp3) is 0.379. The summed E-state index contributed by atoms with van der Waals surface area (Å²) in [5.74, 6) is -2.96. The Morgan fingerprint density at radius 2 is 1.97 bits per heavy atom. The van der Waals surface area contributed by atoms with Crippen LogP contribution in [0, 0.1) is 6.92 Å². The minimum absolute atomic E-state index is 0.0415. The Hall–Kier alpha value is -3.72. The van der Waals surface area contributed by atoms with E-state index in [2.05, 4.69) is 23.3 Å². The molecule has 200 valence electrons. The molecular formula is C29H32F2N4O3. The highest BCUT2D eigenvalue weighted by molar-refractivity contribution is 6.04. The highest BCUT2D eigenvalue weighted by atomic mass is 19.3. The molecule has 1 aliphatic rings. The Bertz CT molecular complexity index is 1370. The summed E-state index contributed by atoms with van der Waals surface area (Å²) in [7, 11) is 1.64. The number of nitrogens with zero attached hydrogens (tertiary/aromatic N) is 3. The number of alkyl halides is 2. The van der Waals surface area contributed by atoms with Crippen molar-refractivity contribution in [1.29, 1.82) is 0 Å². The summed E-state index contributed by atoms with van der Waals surface area (Å²) < 4.78 is 32.7. The topological polar surface area (TPSA) is 84.4 Å². The zero-order valence-corrected chi connectivity index (χ0v) is 22.3. The van der Waals surface area contributed by atoms with Gasteiger partial charge in [0.05, 0.1) is 0 Å². The van der Waals surface area contributed by atoms with Gasteiger partial charge >= 0.3 is 0 Å². The number of pyridine rings is 2. The van der Waals surface area contributed by atoms with Crippen molar-refractivity contribution in [3.05, 3.63) is 71.2 Å². The Morgan fingerprint density at radius 1 is 1.21 bits per heavy atom. The van der Waals surface area contributed by atoms with Gasteiger partial charge in [-0.1, -0.05) is 13.0 Å². The SMILES string of the molecule is CCN1C(=O)CC(C)(CCOC)c2cc(-c3cc(NC(=O)c4ccnc(C(C)(F)F)c4)ccc3C)cnc21. The summed E-state index contributed by atoms with van der Waals surface area (Å²) in [6.07, 6.45) is 3.97. The predicted molar refractivity (Wildman–Crippen MR) is 143 cm³/mol. The van der Waals surface area contributed by atoms with E-state index < -0.39 is 22.9 Å². The van der Waals surface area contributed by atoms with Crippen LogP contribution < -0.4 is 10.2 Å². The quantitative estimate of drug-likeness (QED) is 0.400. The van der Waals surface area contributed by atoms with Gasteiger partial charge in [0.1, 0.15) is 11.5 Å². The molecule has 0 fully saturated rings. The van der Waals surface area contributed by atoms with E-state index >= 15 is 0 Å². The fourth-order valence-corrected chi connectivity index (χ4v) is 4.81. The van der Waals surface area contributed by atoms with Crippen molar-refractivity contribution in [3.63, 3.8) is 0 Å². The van der Waals surface area contributed by atoms with Gasteiger partial charge in [0, 0.05) is 73.8 Å². The monoisotopic (exact) mass is 522 g/mol. The number of methoxy groups -OCH3 is 1. The van der Waals surface area contributed by atoms with Crippen LogP contribution in [0.1, 0.15) is 60.8 Å². The zero-order chi connectivity index (χ0) is 27.7. The molecule has 1 unspecified atom stereocenters. The number of halogens is 2. The van der Waals surface area contributed by atoms with E-state index in [9.17, 15) is 18.4 Å². The van der Waals surface area contributed by atoms with E-state index in [1.807, 2.05) is 26.0 Å². The Labute approximate surface area is 221 Å². The molecule has 1 aliphatic heterocycles. The van der Waals surface area contributed by atoms with Gasteiger partial charge in [-0.2, -0.15) is 8.78 Å². The maximum Gasteiger partial charge on any atom is 0.286 e. The number of nitrogens with one attached hydrogen (secondary N) is 1. The average molecular weight is 523 g/mol. The summed E-state index contributed by atoms with van der Waals surface area (Å²) in [5, 5.41) is 2.80. The standard InChI is InChI=1S/C29H32F2N4O3/c1-6-35-25(36)16-28(3,10-12-38-5)23-13-20(17-33-26(23)35)22-15-21(8-7-18(22)2)34-27(37)19-9-11-32-24(14-19)29(4,30)31/h7-9,11,13-15,17H,6,10,12,16H2,1-5H3,(H,34,37). The van der Waals surface area contributed by atoms with E-state index in [1.165, 1.54) is 12.3 Å². The van der Waals surface area contributed by atoms with Crippen molar-refractivity contribution in [1.82, 2.24) is 9.97 Å². The van der Waals surface area contributed by atoms with E-state index in [0.717, 1.165) is 35.2 Å². The van der Waals surface area contributed by atoms with E-state index in [-0.39, 0.29) is 11.5 Å². The van der Waals surface area contributed by atoms with Gasteiger partial charge in [0.2, 0.25) is 5.91 Å². The van der Waals surface area contributed by atoms with Crippen LogP contribution in [-0.4, -0.2) is 42.0 Å². The minimum Gasteiger partial charge on any atom is -0.385 e. The molecule has 2 aromatic heterocycles. The molecular weight excluding hydrogens is 490 g/mol. The normalized spacial score (nSPS) is 17.3. The van der Waals surface area contributed by atoms with E-state index in [1.54, 1.807) is 24.3 Å². The van der Waals surface area contributed by atoms with Crippen LogP contribution in [0.25, 0.3) is 11.1 Å². The minimum atomic E-state index is -3.15. The number of amides is 2. The molecule has 4 rings (SSSR count). The largest absolute Gasteiger partial charge is 0.385 e.